The van der Waals surface area contributed by atoms with E-state index in [2.05, 4.69) is 14.9 Å². The monoisotopic (exact) mass is 684 g/mol. The highest BCUT2D eigenvalue weighted by Gasteiger charge is 2.41. The average molecular weight is 685 g/mol. The molecule has 3 atom stereocenters. The van der Waals surface area contributed by atoms with E-state index in [0.717, 1.165) is 42.1 Å². The van der Waals surface area contributed by atoms with Crippen molar-refractivity contribution >= 4 is 27.7 Å². The Morgan fingerprint density at radius 1 is 1.13 bits per heavy atom. The van der Waals surface area contributed by atoms with Crippen LogP contribution >= 0.6 is 11.6 Å². The minimum Gasteiger partial charge on any atom is -0.481 e. The Labute approximate surface area is 276 Å². The zero-order valence-corrected chi connectivity index (χ0v) is 28.5. The van der Waals surface area contributed by atoms with E-state index in [0.29, 0.717) is 44.4 Å². The molecule has 1 heterocycles. The van der Waals surface area contributed by atoms with Gasteiger partial charge in [0, 0.05) is 30.7 Å². The van der Waals surface area contributed by atoms with E-state index in [4.69, 9.17) is 36.3 Å². The first kappa shape index (κ1) is 36.3. The predicted octanol–water partition coefficient (Wildman–Crippen LogP) is 4.09. The number of nitrogens with two attached hydrogens (primary N) is 1. The summed E-state index contributed by atoms with van der Waals surface area (Å²) in [7, 11) is -3.99. The Balaban J connectivity index is 1.46. The zero-order chi connectivity index (χ0) is 33.5. The molecule has 4 rings (SSSR count). The van der Waals surface area contributed by atoms with Gasteiger partial charge in [-0.05, 0) is 94.5 Å². The van der Waals surface area contributed by atoms with Gasteiger partial charge in [0.05, 0.1) is 37.4 Å². The molecule has 46 heavy (non-hydrogen) atoms. The maximum Gasteiger partial charge on any atom is 0.407 e. The molecular weight excluding hydrogens is 639 g/mol. The Bertz CT molecular complexity index is 1460. The van der Waals surface area contributed by atoms with Crippen molar-refractivity contribution in [2.24, 2.45) is 5.73 Å². The third-order valence-corrected chi connectivity index (χ3v) is 9.52. The summed E-state index contributed by atoms with van der Waals surface area (Å²) in [5.74, 6) is -0.870. The van der Waals surface area contributed by atoms with Gasteiger partial charge in [0.25, 0.3) is 0 Å². The van der Waals surface area contributed by atoms with Crippen molar-refractivity contribution < 1.29 is 36.6 Å². The van der Waals surface area contributed by atoms with Crippen LogP contribution in [0, 0.1) is 12.7 Å². The molecule has 0 spiro atoms. The van der Waals surface area contributed by atoms with Crippen LogP contribution in [-0.4, -0.2) is 89.7 Å². The van der Waals surface area contributed by atoms with Crippen LogP contribution in [0.4, 0.5) is 9.18 Å². The summed E-state index contributed by atoms with van der Waals surface area (Å²) >= 11 is 6.68. The van der Waals surface area contributed by atoms with Crippen molar-refractivity contribution in [3.05, 3.63) is 57.9 Å². The van der Waals surface area contributed by atoms with E-state index in [1.165, 1.54) is 12.1 Å². The van der Waals surface area contributed by atoms with Gasteiger partial charge >= 0.3 is 6.09 Å². The number of rotatable bonds is 14. The maximum absolute atomic E-state index is 15.5. The van der Waals surface area contributed by atoms with E-state index in [-0.39, 0.29) is 35.9 Å². The molecule has 0 radical (unpaired) electrons. The number of alkyl carbamates (subject to hydrolysis) is 1. The molecule has 256 valence electrons. The van der Waals surface area contributed by atoms with Crippen LogP contribution in [0.3, 0.4) is 0 Å². The number of benzene rings is 2. The lowest BCUT2D eigenvalue weighted by Gasteiger charge is -2.39. The van der Waals surface area contributed by atoms with Crippen LogP contribution in [-0.2, 0) is 30.7 Å². The number of nitrogens with one attached hydrogen (secondary N) is 2. The van der Waals surface area contributed by atoms with Crippen LogP contribution < -0.4 is 20.5 Å². The number of halogens is 2. The smallest absolute Gasteiger partial charge is 0.407 e. The van der Waals surface area contributed by atoms with Crippen molar-refractivity contribution in [1.29, 1.82) is 0 Å². The fourth-order valence-corrected chi connectivity index (χ4v) is 7.15. The lowest BCUT2D eigenvalue weighted by Crippen LogP contribution is -2.53. The summed E-state index contributed by atoms with van der Waals surface area (Å²) in [5, 5.41) is 3.60. The minimum absolute atomic E-state index is 0.0132. The van der Waals surface area contributed by atoms with Crippen LogP contribution in [0.5, 0.6) is 5.75 Å². The molecule has 0 aromatic heterocycles. The number of nitrogens with zero attached hydrogens (tertiary/aromatic N) is 1. The first-order valence-electron chi connectivity index (χ1n) is 15.6. The molecular formula is C32H46ClFN4O7S. The van der Waals surface area contributed by atoms with E-state index in [1.807, 2.05) is 39.8 Å². The maximum atomic E-state index is 15.5. The number of aryl methyl sites for hydroxylation is 1. The molecule has 4 N–H and O–H groups in total. The SMILES string of the molecule is Cc1cc(Cl)c2c(c1)[C@H](Oc1ccc(S(=O)(=O)NCCOCCOCCN)cc1F)C(N1CCC[C@@H](NC(=O)OC(C)(C)C)C1)C2. The summed E-state index contributed by atoms with van der Waals surface area (Å²) in [6.45, 7) is 10.4. The number of carbonyl (C=O) groups excluding carboxylic acids is 1. The molecule has 1 amide bonds. The molecule has 1 unspecified atom stereocenters. The molecule has 1 saturated heterocycles. The molecule has 0 bridgehead atoms. The first-order chi connectivity index (χ1) is 21.8. The molecule has 11 nitrogen and oxygen atoms in total. The zero-order valence-electron chi connectivity index (χ0n) is 26.9. The molecule has 2 aromatic rings. The highest BCUT2D eigenvalue weighted by Crippen LogP contribution is 2.43. The van der Waals surface area contributed by atoms with Crippen molar-refractivity contribution in [2.45, 2.75) is 75.6 Å². The summed E-state index contributed by atoms with van der Waals surface area (Å²) < 4.78 is 66.0. The van der Waals surface area contributed by atoms with Gasteiger partial charge in [0.1, 0.15) is 11.7 Å². The number of likely N-dealkylation sites (tertiary alicyclic amines) is 1. The fourth-order valence-electron chi connectivity index (χ4n) is 5.77. The Kier molecular flexibility index (Phi) is 12.7. The van der Waals surface area contributed by atoms with Gasteiger partial charge in [-0.25, -0.2) is 22.3 Å². The average Bonchev–Trinajstić information content (AvgIpc) is 3.33. The van der Waals surface area contributed by atoms with Gasteiger partial charge in [-0.15, -0.1) is 0 Å². The predicted molar refractivity (Wildman–Crippen MR) is 173 cm³/mol. The Morgan fingerprint density at radius 3 is 2.57 bits per heavy atom. The number of carbonyl (C=O) groups is 1. The van der Waals surface area contributed by atoms with E-state index in [1.54, 1.807) is 0 Å². The second-order valence-corrected chi connectivity index (χ2v) is 14.8. The Hall–Kier alpha value is -2.52. The van der Waals surface area contributed by atoms with Crippen molar-refractivity contribution in [2.75, 3.05) is 52.6 Å². The molecule has 1 aliphatic carbocycles. The topological polar surface area (TPSA) is 141 Å². The highest BCUT2D eigenvalue weighted by molar-refractivity contribution is 7.89. The van der Waals surface area contributed by atoms with Gasteiger partial charge in [-0.1, -0.05) is 17.7 Å². The van der Waals surface area contributed by atoms with Crippen molar-refractivity contribution in [1.82, 2.24) is 14.9 Å². The lowest BCUT2D eigenvalue weighted by molar-refractivity contribution is 0.0354. The van der Waals surface area contributed by atoms with Gasteiger partial charge < -0.3 is 30.0 Å². The van der Waals surface area contributed by atoms with Crippen LogP contribution in [0.2, 0.25) is 5.02 Å². The van der Waals surface area contributed by atoms with Crippen LogP contribution in [0.15, 0.2) is 35.2 Å². The van der Waals surface area contributed by atoms with Crippen molar-refractivity contribution in [3.8, 4) is 5.75 Å². The van der Waals surface area contributed by atoms with Gasteiger partial charge in [0.15, 0.2) is 11.6 Å². The number of sulfonamides is 1. The number of ether oxygens (including phenoxy) is 4. The van der Waals surface area contributed by atoms with Gasteiger partial charge in [-0.2, -0.15) is 0 Å². The highest BCUT2D eigenvalue weighted by atomic mass is 35.5. The van der Waals surface area contributed by atoms with Gasteiger partial charge in [0.2, 0.25) is 10.0 Å². The Morgan fingerprint density at radius 2 is 1.87 bits per heavy atom. The van der Waals surface area contributed by atoms with E-state index in [9.17, 15) is 13.2 Å². The second kappa shape index (κ2) is 16.1. The molecule has 1 fully saturated rings. The van der Waals surface area contributed by atoms with E-state index < -0.39 is 33.6 Å². The fraction of sp³-hybridized carbons (Fsp3) is 0.594. The first-order valence-corrected chi connectivity index (χ1v) is 17.5. The molecule has 0 saturated carbocycles. The minimum atomic E-state index is -3.99. The normalized spacial score (nSPS) is 20.4. The lowest BCUT2D eigenvalue weighted by atomic mass is 10.0. The summed E-state index contributed by atoms with van der Waals surface area (Å²) in [6.07, 6.45) is 1.18. The number of hydrogen-bond donors (Lipinski definition) is 3. The van der Waals surface area contributed by atoms with Crippen molar-refractivity contribution in [3.63, 3.8) is 0 Å². The molecule has 1 aliphatic heterocycles. The van der Waals surface area contributed by atoms with Crippen LogP contribution in [0.1, 0.15) is 56.4 Å². The number of hydrogen-bond acceptors (Lipinski definition) is 9. The summed E-state index contributed by atoms with van der Waals surface area (Å²) in [6, 6.07) is 7.19. The number of piperidine rings is 1. The standard InChI is InChI=1S/C32H46ClFN4O7S/c1-21-16-25-24(26(33)17-21)19-28(38-11-5-6-22(20-38)37-31(39)45-32(2,3)4)30(25)44-29-8-7-23(18-27(29)34)46(40,41)36-10-13-43-15-14-42-12-9-35/h7-8,16-18,22,28,30,36H,5-6,9-15,19-20,35H2,1-4H3,(H,37,39)/t22-,28?,30+/m1/s1. The van der Waals surface area contributed by atoms with Gasteiger partial charge in [-0.3, -0.25) is 4.90 Å². The number of fused-ring (bicyclic) bond motifs is 1. The third-order valence-electron chi connectivity index (χ3n) is 7.73. The van der Waals surface area contributed by atoms with Crippen LogP contribution in [0.25, 0.3) is 0 Å². The second-order valence-electron chi connectivity index (χ2n) is 12.6. The summed E-state index contributed by atoms with van der Waals surface area (Å²) in [5.41, 5.74) is 7.49. The molecule has 2 aromatic carbocycles. The van der Waals surface area contributed by atoms with E-state index >= 15 is 4.39 Å². The quantitative estimate of drug-likeness (QED) is 0.251. The third kappa shape index (κ3) is 9.99. The summed E-state index contributed by atoms with van der Waals surface area (Å²) in [4.78, 5) is 14.5. The largest absolute Gasteiger partial charge is 0.481 e. The molecule has 2 aliphatic rings. The number of amides is 1. The molecule has 14 heteroatoms.